The standard InChI is InChI=1S/C28H38N8O8/c1-4-36-21(15-18(3)34-36)26(39)33-27-32-20-16-19(25(29)38)17-22(24(20)35(27)11-6-7-14-44-30)42-12-8-13-43-28(40)31-10-9-23(37)41-5-2/h6-7,15-17H,4-5,8-14,30H2,1-3H3,(H2,29,38)(H,31,40)(H,32,33,39)/b7-6+. The lowest BCUT2D eigenvalue weighted by molar-refractivity contribution is -0.142. The van der Waals surface area contributed by atoms with Crippen molar-refractivity contribution in [3.63, 3.8) is 0 Å². The van der Waals surface area contributed by atoms with Crippen LogP contribution in [0.25, 0.3) is 11.0 Å². The Balaban J connectivity index is 1.80. The van der Waals surface area contributed by atoms with Crippen LogP contribution >= 0.6 is 0 Å². The van der Waals surface area contributed by atoms with Gasteiger partial charge in [-0.15, -0.1) is 0 Å². The van der Waals surface area contributed by atoms with Gasteiger partial charge in [-0.25, -0.2) is 15.7 Å². The summed E-state index contributed by atoms with van der Waals surface area (Å²) in [6, 6.07) is 4.67. The first-order valence-corrected chi connectivity index (χ1v) is 14.0. The Kier molecular flexibility index (Phi) is 12.7. The highest BCUT2D eigenvalue weighted by Crippen LogP contribution is 2.31. The van der Waals surface area contributed by atoms with Crippen LogP contribution in [0.5, 0.6) is 5.75 Å². The number of nitrogens with one attached hydrogen (secondary N) is 2. The number of allylic oxidation sites excluding steroid dienone is 1. The highest BCUT2D eigenvalue weighted by Gasteiger charge is 2.21. The molecule has 0 spiro atoms. The van der Waals surface area contributed by atoms with E-state index in [9.17, 15) is 19.2 Å². The molecule has 0 fully saturated rings. The van der Waals surface area contributed by atoms with Crippen LogP contribution < -0.4 is 27.0 Å². The molecule has 0 aliphatic heterocycles. The minimum atomic E-state index is -0.693. The number of imidazole rings is 1. The molecule has 3 amide bonds. The third-order valence-electron chi connectivity index (χ3n) is 6.08. The van der Waals surface area contributed by atoms with E-state index in [1.165, 1.54) is 12.1 Å². The third kappa shape index (κ3) is 9.27. The maximum Gasteiger partial charge on any atom is 0.407 e. The number of rotatable bonds is 17. The van der Waals surface area contributed by atoms with Crippen LogP contribution in [0.1, 0.15) is 53.2 Å². The van der Waals surface area contributed by atoms with Gasteiger partial charge in [0.25, 0.3) is 5.91 Å². The molecule has 238 valence electrons. The number of ether oxygens (including phenoxy) is 3. The van der Waals surface area contributed by atoms with E-state index >= 15 is 0 Å². The quantitative estimate of drug-likeness (QED) is 0.0744. The number of hydrogen-bond acceptors (Lipinski definition) is 11. The van der Waals surface area contributed by atoms with E-state index in [2.05, 4.69) is 25.6 Å². The Morgan fingerprint density at radius 1 is 1.07 bits per heavy atom. The van der Waals surface area contributed by atoms with Gasteiger partial charge in [0.1, 0.15) is 17.0 Å². The van der Waals surface area contributed by atoms with Crippen LogP contribution in [0.3, 0.4) is 0 Å². The fraction of sp³-hybridized carbons (Fsp3) is 0.429. The monoisotopic (exact) mass is 614 g/mol. The summed E-state index contributed by atoms with van der Waals surface area (Å²) in [6.45, 7) is 6.74. The van der Waals surface area contributed by atoms with E-state index in [4.69, 9.17) is 25.8 Å². The van der Waals surface area contributed by atoms with Crippen molar-refractivity contribution in [3.8, 4) is 5.75 Å². The van der Waals surface area contributed by atoms with Gasteiger partial charge >= 0.3 is 12.1 Å². The van der Waals surface area contributed by atoms with Crippen molar-refractivity contribution in [3.05, 3.63) is 47.3 Å². The van der Waals surface area contributed by atoms with Crippen molar-refractivity contribution in [2.45, 2.75) is 46.7 Å². The minimum absolute atomic E-state index is 0.0246. The summed E-state index contributed by atoms with van der Waals surface area (Å²) in [5.41, 5.74) is 7.61. The summed E-state index contributed by atoms with van der Waals surface area (Å²) >= 11 is 0. The summed E-state index contributed by atoms with van der Waals surface area (Å²) in [7, 11) is 0. The largest absolute Gasteiger partial charge is 0.491 e. The number of fused-ring (bicyclic) bond motifs is 1. The molecule has 0 aliphatic rings. The molecule has 16 heteroatoms. The van der Waals surface area contributed by atoms with Crippen LogP contribution in [0.2, 0.25) is 0 Å². The Labute approximate surface area is 253 Å². The van der Waals surface area contributed by atoms with Crippen LogP contribution in [0, 0.1) is 6.92 Å². The SMILES string of the molecule is CCOC(=O)CCNC(=O)OCCCOc1cc(C(N)=O)cc2nc(NC(=O)c3cc(C)nn3CC)n(C/C=C/CON)c12. The van der Waals surface area contributed by atoms with Crippen LogP contribution in [0.15, 0.2) is 30.4 Å². The number of esters is 1. The number of hydrogen-bond donors (Lipinski definition) is 4. The first kappa shape index (κ1) is 33.5. The molecule has 0 aliphatic carbocycles. The second-order valence-corrected chi connectivity index (χ2v) is 9.32. The fourth-order valence-electron chi connectivity index (χ4n) is 4.15. The zero-order valence-electron chi connectivity index (χ0n) is 25.0. The number of aryl methyl sites for hydroxylation is 2. The second-order valence-electron chi connectivity index (χ2n) is 9.32. The number of anilines is 1. The summed E-state index contributed by atoms with van der Waals surface area (Å²) in [5, 5.41) is 9.63. The van der Waals surface area contributed by atoms with Crippen molar-refractivity contribution < 1.29 is 38.2 Å². The number of primary amides is 1. The van der Waals surface area contributed by atoms with Gasteiger partial charge in [-0.05, 0) is 39.0 Å². The van der Waals surface area contributed by atoms with Gasteiger partial charge in [0, 0.05) is 31.6 Å². The van der Waals surface area contributed by atoms with Crippen LogP contribution in [-0.2, 0) is 32.2 Å². The van der Waals surface area contributed by atoms with E-state index in [0.717, 1.165) is 0 Å². The lowest BCUT2D eigenvalue weighted by Gasteiger charge is -2.13. The zero-order chi connectivity index (χ0) is 32.1. The van der Waals surface area contributed by atoms with Gasteiger partial charge in [-0.2, -0.15) is 5.10 Å². The highest BCUT2D eigenvalue weighted by atomic mass is 16.6. The van der Waals surface area contributed by atoms with Gasteiger partial charge in [0.15, 0.2) is 0 Å². The zero-order valence-corrected chi connectivity index (χ0v) is 25.0. The molecule has 1 aromatic carbocycles. The first-order valence-electron chi connectivity index (χ1n) is 14.0. The van der Waals surface area contributed by atoms with Crippen LogP contribution in [0.4, 0.5) is 10.7 Å². The maximum atomic E-state index is 13.2. The van der Waals surface area contributed by atoms with E-state index < -0.39 is 23.9 Å². The Morgan fingerprint density at radius 3 is 2.57 bits per heavy atom. The smallest absolute Gasteiger partial charge is 0.407 e. The van der Waals surface area contributed by atoms with Gasteiger partial charge < -0.3 is 34.7 Å². The van der Waals surface area contributed by atoms with Gasteiger partial charge in [0.2, 0.25) is 11.9 Å². The maximum absolute atomic E-state index is 13.2. The number of carbonyl (C=O) groups excluding carboxylic acids is 4. The predicted molar refractivity (Wildman–Crippen MR) is 159 cm³/mol. The van der Waals surface area contributed by atoms with E-state index in [1.54, 1.807) is 41.3 Å². The Morgan fingerprint density at radius 2 is 1.86 bits per heavy atom. The third-order valence-corrected chi connectivity index (χ3v) is 6.08. The van der Waals surface area contributed by atoms with E-state index in [1.807, 2.05) is 6.92 Å². The molecule has 3 rings (SSSR count). The normalized spacial score (nSPS) is 11.1. The highest BCUT2D eigenvalue weighted by molar-refractivity contribution is 6.04. The van der Waals surface area contributed by atoms with Crippen molar-refractivity contribution in [1.82, 2.24) is 24.6 Å². The molecule has 6 N–H and O–H groups in total. The minimum Gasteiger partial charge on any atom is -0.491 e. The lowest BCUT2D eigenvalue weighted by atomic mass is 10.1. The van der Waals surface area contributed by atoms with Crippen molar-refractivity contribution >= 4 is 40.9 Å². The number of carbonyl (C=O) groups is 4. The molecule has 0 radical (unpaired) electrons. The molecule has 2 aromatic heterocycles. The van der Waals surface area contributed by atoms with Gasteiger partial charge in [-0.3, -0.25) is 24.4 Å². The van der Waals surface area contributed by atoms with Crippen molar-refractivity contribution in [2.75, 3.05) is 38.3 Å². The molecule has 3 aromatic rings. The molecule has 2 heterocycles. The van der Waals surface area contributed by atoms with Crippen LogP contribution in [-0.4, -0.2) is 76.2 Å². The number of aromatic nitrogens is 4. The summed E-state index contributed by atoms with van der Waals surface area (Å²) in [4.78, 5) is 57.8. The number of nitrogens with zero attached hydrogens (tertiary/aromatic N) is 4. The first-order chi connectivity index (χ1) is 21.2. The summed E-state index contributed by atoms with van der Waals surface area (Å²) in [5.74, 6) is 4.07. The van der Waals surface area contributed by atoms with Gasteiger partial charge in [-0.1, -0.05) is 12.2 Å². The van der Waals surface area contributed by atoms with E-state index in [0.29, 0.717) is 35.4 Å². The average molecular weight is 615 g/mol. The number of amides is 3. The summed E-state index contributed by atoms with van der Waals surface area (Å²) in [6.07, 6.45) is 3.12. The molecule has 0 bridgehead atoms. The summed E-state index contributed by atoms with van der Waals surface area (Å²) < 4.78 is 19.2. The topological polar surface area (TPSA) is 217 Å². The molecule has 0 atom stereocenters. The molecule has 0 unspecified atom stereocenters. The molecule has 0 saturated heterocycles. The Bertz CT molecular complexity index is 1500. The van der Waals surface area contributed by atoms with Crippen molar-refractivity contribution in [1.29, 1.82) is 0 Å². The molecule has 0 saturated carbocycles. The second kappa shape index (κ2) is 16.6. The fourth-order valence-corrected chi connectivity index (χ4v) is 4.15. The molecule has 44 heavy (non-hydrogen) atoms. The Hall–Kier alpha value is -4.96. The number of nitrogens with two attached hydrogens (primary N) is 2. The molecule has 16 nitrogen and oxygen atoms in total. The predicted octanol–water partition coefficient (Wildman–Crippen LogP) is 1.81. The lowest BCUT2D eigenvalue weighted by Crippen LogP contribution is -2.27. The van der Waals surface area contributed by atoms with Crippen molar-refractivity contribution in [2.24, 2.45) is 11.6 Å². The number of alkyl carbamates (subject to hydrolysis) is 1. The average Bonchev–Trinajstić information content (AvgIpc) is 3.54. The molecular weight excluding hydrogens is 576 g/mol. The van der Waals surface area contributed by atoms with E-state index in [-0.39, 0.29) is 63.2 Å². The van der Waals surface area contributed by atoms with Gasteiger partial charge in [0.05, 0.1) is 44.1 Å². The molecular formula is C28H38N8O8. The number of benzene rings is 1.